The molecule has 0 bridgehead atoms. The molecule has 0 spiro atoms. The van der Waals surface area contributed by atoms with Crippen LogP contribution < -0.4 is 5.32 Å². The van der Waals surface area contributed by atoms with Gasteiger partial charge < -0.3 is 13.8 Å². The molecule has 29 heavy (non-hydrogen) atoms. The molecule has 0 amide bonds. The highest BCUT2D eigenvalue weighted by Crippen LogP contribution is 2.54. The molecule has 2 atom stereocenters. The summed E-state index contributed by atoms with van der Waals surface area (Å²) in [5, 5.41) is 3.22. The van der Waals surface area contributed by atoms with Gasteiger partial charge >= 0.3 is 7.60 Å². The van der Waals surface area contributed by atoms with Crippen molar-refractivity contribution in [3.05, 3.63) is 71.8 Å². The molecule has 5 nitrogen and oxygen atoms in total. The van der Waals surface area contributed by atoms with Crippen molar-refractivity contribution in [1.29, 1.82) is 0 Å². The summed E-state index contributed by atoms with van der Waals surface area (Å²) in [7, 11) is -3.54. The zero-order valence-corrected chi connectivity index (χ0v) is 18.4. The molecule has 6 heteroatoms. The van der Waals surface area contributed by atoms with E-state index in [2.05, 4.69) is 19.2 Å². The highest BCUT2D eigenvalue weighted by Gasteiger charge is 2.36. The van der Waals surface area contributed by atoms with E-state index in [4.69, 9.17) is 9.05 Å². The minimum atomic E-state index is -3.54. The lowest BCUT2D eigenvalue weighted by Crippen LogP contribution is -2.40. The Bertz CT molecular complexity index is 719. The van der Waals surface area contributed by atoms with Crippen LogP contribution in [0.1, 0.15) is 44.7 Å². The molecular weight excluding hydrogens is 385 g/mol. The molecule has 0 heterocycles. The first-order valence-corrected chi connectivity index (χ1v) is 11.8. The summed E-state index contributed by atoms with van der Waals surface area (Å²) in [6.07, 6.45) is 2.06. The molecule has 2 rings (SSSR count). The summed E-state index contributed by atoms with van der Waals surface area (Å²) < 4.78 is 25.6. The van der Waals surface area contributed by atoms with Crippen molar-refractivity contribution in [1.82, 2.24) is 5.32 Å². The Hall–Kier alpha value is -1.78. The van der Waals surface area contributed by atoms with E-state index in [-0.39, 0.29) is 13.2 Å². The van der Waals surface area contributed by atoms with Gasteiger partial charge in [0, 0.05) is 0 Å². The summed E-state index contributed by atoms with van der Waals surface area (Å²) in [6.45, 7) is 6.38. The average Bonchev–Trinajstić information content (AvgIpc) is 2.75. The summed E-state index contributed by atoms with van der Waals surface area (Å²) in [5.41, 5.74) is 1.83. The van der Waals surface area contributed by atoms with Gasteiger partial charge in [-0.3, -0.25) is 9.88 Å². The molecule has 0 aromatic heterocycles. The van der Waals surface area contributed by atoms with E-state index in [0.717, 1.165) is 17.4 Å². The average molecular weight is 417 g/mol. The van der Waals surface area contributed by atoms with Crippen LogP contribution in [0.4, 0.5) is 0 Å². The fourth-order valence-electron chi connectivity index (χ4n) is 3.05. The molecule has 158 valence electrons. The molecular formula is C23H32NO4P. The van der Waals surface area contributed by atoms with Crippen LogP contribution in [0.5, 0.6) is 0 Å². The first-order valence-electron chi connectivity index (χ1n) is 10.1. The smallest absolute Gasteiger partial charge is 0.303 e. The highest BCUT2D eigenvalue weighted by atomic mass is 31.2. The molecule has 0 aliphatic rings. The van der Waals surface area contributed by atoms with Crippen LogP contribution in [0, 0.1) is 5.92 Å². The molecule has 0 aliphatic heterocycles. The van der Waals surface area contributed by atoms with Crippen molar-refractivity contribution in [2.45, 2.75) is 58.7 Å². The van der Waals surface area contributed by atoms with E-state index >= 15 is 0 Å². The second-order valence-corrected chi connectivity index (χ2v) is 9.74. The highest BCUT2D eigenvalue weighted by molar-refractivity contribution is 7.54. The van der Waals surface area contributed by atoms with Gasteiger partial charge in [-0.2, -0.15) is 0 Å². The van der Waals surface area contributed by atoms with Crippen molar-refractivity contribution in [2.24, 2.45) is 5.92 Å². The number of nitrogens with one attached hydrogen (secondary N) is 1. The lowest BCUT2D eigenvalue weighted by molar-refractivity contribution is -0.110. The fraction of sp³-hybridized carbons (Fsp3) is 0.435. The van der Waals surface area contributed by atoms with E-state index in [1.165, 1.54) is 0 Å². The Morgan fingerprint density at radius 1 is 0.931 bits per heavy atom. The van der Waals surface area contributed by atoms with Crippen molar-refractivity contribution >= 4 is 13.9 Å². The molecule has 1 N–H and O–H groups in total. The van der Waals surface area contributed by atoms with E-state index in [1.54, 1.807) is 0 Å². The number of aldehydes is 1. The molecule has 0 unspecified atom stereocenters. The van der Waals surface area contributed by atoms with Crippen molar-refractivity contribution in [3.63, 3.8) is 0 Å². The Labute approximate surface area is 174 Å². The van der Waals surface area contributed by atoms with Crippen molar-refractivity contribution in [2.75, 3.05) is 0 Å². The topological polar surface area (TPSA) is 64.6 Å². The summed E-state index contributed by atoms with van der Waals surface area (Å²) in [6, 6.07) is 18.8. The number of benzene rings is 2. The maximum atomic E-state index is 13.8. The van der Waals surface area contributed by atoms with E-state index in [0.29, 0.717) is 18.8 Å². The predicted octanol–water partition coefficient (Wildman–Crippen LogP) is 5.55. The third kappa shape index (κ3) is 7.87. The van der Waals surface area contributed by atoms with Crippen LogP contribution >= 0.6 is 7.60 Å². The zero-order chi connectivity index (χ0) is 21.1. The minimum absolute atomic E-state index is 0.182. The van der Waals surface area contributed by atoms with Gasteiger partial charge in [-0.1, -0.05) is 81.4 Å². The van der Waals surface area contributed by atoms with Gasteiger partial charge in [0.15, 0.2) is 0 Å². The third-order valence-corrected chi connectivity index (χ3v) is 6.83. The molecule has 0 aliphatic carbocycles. The Balaban J connectivity index is 2.17. The van der Waals surface area contributed by atoms with E-state index in [1.807, 2.05) is 67.6 Å². The van der Waals surface area contributed by atoms with Crippen LogP contribution in [0.2, 0.25) is 0 Å². The minimum Gasteiger partial charge on any atom is -0.303 e. The van der Waals surface area contributed by atoms with Crippen molar-refractivity contribution in [3.8, 4) is 0 Å². The molecule has 0 saturated carbocycles. The maximum absolute atomic E-state index is 13.8. The molecule has 0 radical (unpaired) electrons. The summed E-state index contributed by atoms with van der Waals surface area (Å²) >= 11 is 0. The molecule has 0 fully saturated rings. The Morgan fingerprint density at radius 2 is 1.41 bits per heavy atom. The van der Waals surface area contributed by atoms with Gasteiger partial charge in [-0.15, -0.1) is 0 Å². The number of rotatable bonds is 13. The lowest BCUT2D eigenvalue weighted by atomic mass is 10.1. The quantitative estimate of drug-likeness (QED) is 0.342. The molecule has 0 saturated heterocycles. The number of hydrogen-bond acceptors (Lipinski definition) is 5. The third-order valence-electron chi connectivity index (χ3n) is 4.57. The number of hydrogen-bond donors (Lipinski definition) is 1. The molecule has 2 aromatic rings. The predicted molar refractivity (Wildman–Crippen MR) is 117 cm³/mol. The second-order valence-electron chi connectivity index (χ2n) is 7.52. The van der Waals surface area contributed by atoms with Crippen LogP contribution in [0.25, 0.3) is 0 Å². The monoisotopic (exact) mass is 417 g/mol. The van der Waals surface area contributed by atoms with E-state index in [9.17, 15) is 9.36 Å². The van der Waals surface area contributed by atoms with Crippen molar-refractivity contribution < 1.29 is 18.4 Å². The van der Waals surface area contributed by atoms with Gasteiger partial charge in [-0.05, 0) is 29.9 Å². The number of carbonyl (C=O) groups excluding carboxylic acids is 1. The fourth-order valence-corrected chi connectivity index (χ4v) is 4.96. The SMILES string of the molecule is CC[C@@H](N[C@H](C=O)CC(C)C)P(=O)(OCc1ccccc1)OCc1ccccc1. The first-order chi connectivity index (χ1) is 14.0. The zero-order valence-electron chi connectivity index (χ0n) is 17.5. The Kier molecular flexibility index (Phi) is 9.75. The second kappa shape index (κ2) is 12.0. The largest absolute Gasteiger partial charge is 0.348 e. The summed E-state index contributed by atoms with van der Waals surface area (Å²) in [4.78, 5) is 11.5. The standard InChI is InChI=1S/C23H32NO4P/c1-4-23(24-22(16-25)15-19(2)3)29(26,27-17-20-11-7-5-8-12-20)28-18-21-13-9-6-10-14-21/h5-14,16,19,22-24H,4,15,17-18H2,1-3H3/t22-,23-/m0/s1. The lowest BCUT2D eigenvalue weighted by Gasteiger charge is -2.29. The van der Waals surface area contributed by atoms with Crippen LogP contribution in [-0.4, -0.2) is 18.1 Å². The first kappa shape index (κ1) is 23.5. The van der Waals surface area contributed by atoms with E-state index < -0.39 is 19.4 Å². The normalized spacial score (nSPS) is 13.9. The summed E-state index contributed by atoms with van der Waals surface area (Å²) in [5.74, 6) is -0.228. The number of carbonyl (C=O) groups is 1. The maximum Gasteiger partial charge on any atom is 0.348 e. The van der Waals surface area contributed by atoms with Crippen LogP contribution in [0.3, 0.4) is 0 Å². The van der Waals surface area contributed by atoms with Gasteiger partial charge in [0.1, 0.15) is 12.1 Å². The van der Waals surface area contributed by atoms with Gasteiger partial charge in [0.2, 0.25) is 0 Å². The van der Waals surface area contributed by atoms with Crippen LogP contribution in [-0.2, 0) is 31.6 Å². The van der Waals surface area contributed by atoms with Gasteiger partial charge in [0.25, 0.3) is 0 Å². The molecule has 2 aromatic carbocycles. The van der Waals surface area contributed by atoms with Crippen LogP contribution in [0.15, 0.2) is 60.7 Å². The van der Waals surface area contributed by atoms with Gasteiger partial charge in [0.05, 0.1) is 19.3 Å². The van der Waals surface area contributed by atoms with Gasteiger partial charge in [-0.25, -0.2) is 0 Å². The Morgan fingerprint density at radius 3 is 1.79 bits per heavy atom.